The number of ketones is 3. The summed E-state index contributed by atoms with van der Waals surface area (Å²) < 4.78 is 258. The van der Waals surface area contributed by atoms with Crippen molar-refractivity contribution < 1.29 is 163 Å². The van der Waals surface area contributed by atoms with E-state index in [1.54, 1.807) is 0 Å². The summed E-state index contributed by atoms with van der Waals surface area (Å²) in [5.74, 6) is -50.2. The van der Waals surface area contributed by atoms with Crippen LogP contribution in [0.15, 0.2) is 35.5 Å². The predicted octanol–water partition coefficient (Wildman–Crippen LogP) is 8.04. The fourth-order valence-electron chi connectivity index (χ4n) is 2.28. The molecule has 0 aromatic carbocycles. The quantitative estimate of drug-likeness (QED) is 0.131. The van der Waals surface area contributed by atoms with Crippen LogP contribution in [-0.2, 0) is 14.4 Å². The Morgan fingerprint density at radius 2 is 0.448 bits per heavy atom. The van der Waals surface area contributed by atoms with Crippen molar-refractivity contribution in [3.05, 3.63) is 35.5 Å². The van der Waals surface area contributed by atoms with Gasteiger partial charge in [-0.25, -0.2) is 0 Å². The standard InChI is InChI=1S/3C10H11F7O2.Nd/c3*1-7(2,3)5(18)4-6(19)8(11,12)9(13,14)10(15,16)17;/h3*4,18H,1-3H3;/q;;;+3/p-3/b3*5-4-;. The van der Waals surface area contributed by atoms with E-state index in [2.05, 4.69) is 0 Å². The number of halogens is 21. The normalized spacial score (nSPS) is 15.3. The molecular formula is C30H30F21NdO6. The Morgan fingerprint density at radius 1 is 0.328 bits per heavy atom. The van der Waals surface area contributed by atoms with E-state index in [0.717, 1.165) is 0 Å². The van der Waals surface area contributed by atoms with Crippen molar-refractivity contribution >= 4 is 17.3 Å². The molecule has 0 aromatic heterocycles. The van der Waals surface area contributed by atoms with E-state index in [9.17, 15) is 122 Å². The molecule has 0 spiro atoms. The van der Waals surface area contributed by atoms with Gasteiger partial charge in [0, 0.05) is 0 Å². The van der Waals surface area contributed by atoms with Gasteiger partial charge in [0.25, 0.3) is 0 Å². The van der Waals surface area contributed by atoms with Crippen LogP contribution < -0.4 is 15.3 Å². The van der Waals surface area contributed by atoms with Crippen LogP contribution in [0.5, 0.6) is 0 Å². The van der Waals surface area contributed by atoms with Gasteiger partial charge in [-0.3, -0.25) is 14.4 Å². The Kier molecular flexibility index (Phi) is 20.4. The summed E-state index contributed by atoms with van der Waals surface area (Å²) in [7, 11) is 0. The third-order valence-electron chi connectivity index (χ3n) is 6.18. The number of carbonyl (C=O) groups excluding carboxylic acids is 3. The molecular weight excluding hydrogens is 1000 g/mol. The van der Waals surface area contributed by atoms with Gasteiger partial charge in [0.1, 0.15) is 0 Å². The molecule has 0 saturated carbocycles. The Morgan fingerprint density at radius 3 is 0.534 bits per heavy atom. The van der Waals surface area contributed by atoms with E-state index in [0.29, 0.717) is 0 Å². The summed E-state index contributed by atoms with van der Waals surface area (Å²) in [5, 5.41) is 33.5. The van der Waals surface area contributed by atoms with Crippen molar-refractivity contribution in [2.75, 3.05) is 0 Å². The van der Waals surface area contributed by atoms with Gasteiger partial charge >= 0.3 is 94.9 Å². The molecule has 0 heterocycles. The maximum absolute atomic E-state index is 12.8. The molecule has 0 rings (SSSR count). The molecule has 0 aliphatic carbocycles. The fourth-order valence-corrected chi connectivity index (χ4v) is 2.28. The van der Waals surface area contributed by atoms with Crippen molar-refractivity contribution in [2.45, 2.75) is 116 Å². The second-order valence-corrected chi connectivity index (χ2v) is 14.3. The first kappa shape index (κ1) is 62.2. The van der Waals surface area contributed by atoms with Gasteiger partial charge in [-0.15, -0.1) is 17.3 Å². The van der Waals surface area contributed by atoms with E-state index in [1.807, 2.05) is 0 Å². The van der Waals surface area contributed by atoms with Gasteiger partial charge in [0.15, 0.2) is 0 Å². The molecule has 0 fully saturated rings. The summed E-state index contributed by atoms with van der Waals surface area (Å²) >= 11 is 0. The van der Waals surface area contributed by atoms with Crippen molar-refractivity contribution in [2.24, 2.45) is 16.2 Å². The second kappa shape index (κ2) is 19.1. The van der Waals surface area contributed by atoms with E-state index < -0.39 is 123 Å². The third kappa shape index (κ3) is 14.9. The number of rotatable bonds is 9. The summed E-state index contributed by atoms with van der Waals surface area (Å²) in [5.41, 5.74) is -4.09. The molecule has 0 aliphatic rings. The van der Waals surface area contributed by atoms with Crippen LogP contribution in [0.2, 0.25) is 0 Å². The average Bonchev–Trinajstić information content (AvgIpc) is 2.93. The first-order valence-corrected chi connectivity index (χ1v) is 14.4. The molecule has 0 bridgehead atoms. The Hall–Kier alpha value is -2.49. The van der Waals surface area contributed by atoms with Crippen LogP contribution in [0.4, 0.5) is 92.2 Å². The molecule has 6 nitrogen and oxygen atoms in total. The van der Waals surface area contributed by atoms with E-state index in [4.69, 9.17) is 0 Å². The van der Waals surface area contributed by atoms with Gasteiger partial charge in [-0.2, -0.15) is 92.2 Å². The summed E-state index contributed by atoms with van der Waals surface area (Å²) in [4.78, 5) is 32.4. The Balaban J connectivity index is -0.000000374. The zero-order valence-electron chi connectivity index (χ0n) is 30.6. The molecule has 28 heteroatoms. The minimum atomic E-state index is -6.61. The largest absolute Gasteiger partial charge is 3.00 e. The molecule has 0 unspecified atom stereocenters. The van der Waals surface area contributed by atoms with Crippen molar-refractivity contribution in [3.8, 4) is 0 Å². The van der Waals surface area contributed by atoms with Crippen LogP contribution in [-0.4, -0.2) is 71.4 Å². The van der Waals surface area contributed by atoms with Crippen LogP contribution in [0.1, 0.15) is 62.3 Å². The van der Waals surface area contributed by atoms with Gasteiger partial charge in [-0.1, -0.05) is 62.3 Å². The molecule has 0 atom stereocenters. The first-order valence-electron chi connectivity index (χ1n) is 14.4. The van der Waals surface area contributed by atoms with E-state index in [-0.39, 0.29) is 40.8 Å². The van der Waals surface area contributed by atoms with E-state index >= 15 is 0 Å². The number of carbonyl (C=O) groups is 3. The molecule has 0 N–H and O–H groups in total. The molecule has 1 radical (unpaired) electrons. The number of hydrogen-bond donors (Lipinski definition) is 0. The van der Waals surface area contributed by atoms with E-state index in [1.165, 1.54) is 62.3 Å². The van der Waals surface area contributed by atoms with Gasteiger partial charge in [0.2, 0.25) is 17.3 Å². The van der Waals surface area contributed by atoms with Gasteiger partial charge < -0.3 is 15.3 Å². The predicted molar refractivity (Wildman–Crippen MR) is 145 cm³/mol. The monoisotopic (exact) mass is 1030 g/mol. The maximum atomic E-state index is 12.8. The molecule has 0 saturated heterocycles. The Bertz CT molecular complexity index is 1350. The van der Waals surface area contributed by atoms with Crippen LogP contribution in [0, 0.1) is 57.1 Å². The van der Waals surface area contributed by atoms with Crippen LogP contribution in [0.25, 0.3) is 0 Å². The summed E-state index contributed by atoms with van der Waals surface area (Å²) in [6.07, 6.45) is -21.1. The SMILES string of the molecule is CC(C)(C)/C([O-])=C/C(=O)C(F)(F)C(F)(F)C(F)(F)F.CC(C)(C)/C([O-])=C/C(=O)C(F)(F)C(F)(F)C(F)(F)F.CC(C)(C)/C([O-])=C/C(=O)C(F)(F)C(F)(F)C(F)(F)F.[Nd+3]. The molecule has 0 aromatic rings. The number of alkyl halides is 21. The summed E-state index contributed by atoms with van der Waals surface area (Å²) in [6.45, 7) is 10.6. The van der Waals surface area contributed by atoms with Crippen LogP contribution >= 0.6 is 0 Å². The molecule has 337 valence electrons. The third-order valence-corrected chi connectivity index (χ3v) is 6.18. The fraction of sp³-hybridized carbons (Fsp3) is 0.700. The van der Waals surface area contributed by atoms with Crippen molar-refractivity contribution in [1.82, 2.24) is 0 Å². The zero-order valence-corrected chi connectivity index (χ0v) is 33.8. The molecule has 58 heavy (non-hydrogen) atoms. The van der Waals surface area contributed by atoms with Crippen LogP contribution in [0.3, 0.4) is 0 Å². The number of hydrogen-bond acceptors (Lipinski definition) is 6. The Labute approximate surface area is 347 Å². The average molecular weight is 1030 g/mol. The zero-order chi connectivity index (χ0) is 47.6. The first-order chi connectivity index (χ1) is 24.1. The van der Waals surface area contributed by atoms with Crippen molar-refractivity contribution in [1.29, 1.82) is 0 Å². The van der Waals surface area contributed by atoms with Gasteiger partial charge in [-0.05, 0) is 34.5 Å². The topological polar surface area (TPSA) is 120 Å². The van der Waals surface area contributed by atoms with Crippen molar-refractivity contribution in [3.63, 3.8) is 0 Å². The second-order valence-electron chi connectivity index (χ2n) is 14.3. The maximum Gasteiger partial charge on any atom is 3.00 e. The molecule has 0 amide bonds. The minimum Gasteiger partial charge on any atom is -0.875 e. The molecule has 0 aliphatic heterocycles. The number of allylic oxidation sites excluding steroid dienone is 6. The van der Waals surface area contributed by atoms with Gasteiger partial charge in [0.05, 0.1) is 0 Å². The smallest absolute Gasteiger partial charge is 0.875 e. The minimum absolute atomic E-state index is 0. The summed E-state index contributed by atoms with van der Waals surface area (Å²) in [6, 6.07) is 0.